The van der Waals surface area contributed by atoms with Gasteiger partial charge in [0.15, 0.2) is 0 Å². The maximum absolute atomic E-state index is 7.05. The van der Waals surface area contributed by atoms with Crippen molar-refractivity contribution in [3.05, 3.63) is 12.2 Å². The minimum atomic E-state index is 0.491. The molecule has 4 aliphatic carbocycles. The number of fused-ring (bicyclic) bond motifs is 2. The fraction of sp³-hybridized carbons (Fsp3) is 0.909. The lowest BCUT2D eigenvalue weighted by atomic mass is 9.54. The van der Waals surface area contributed by atoms with E-state index in [4.69, 9.17) is 11.6 Å². The molecular weight excluding hydrogens is 300 g/mol. The molecule has 130 valence electrons. The Morgan fingerprint density at radius 2 is 1.00 bits per heavy atom. The van der Waals surface area contributed by atoms with E-state index in [9.17, 15) is 0 Å². The average molecular weight is 335 g/mol. The van der Waals surface area contributed by atoms with Crippen molar-refractivity contribution in [2.75, 3.05) is 0 Å². The minimum absolute atomic E-state index is 0.491. The minimum Gasteiger partial charge on any atom is -0.122 e. The summed E-state index contributed by atoms with van der Waals surface area (Å²) >= 11 is 7.05. The molecular formula is C22H35Cl. The van der Waals surface area contributed by atoms with Gasteiger partial charge in [-0.2, -0.15) is 0 Å². The second-order valence-corrected chi connectivity index (χ2v) is 9.53. The molecule has 0 spiro atoms. The summed E-state index contributed by atoms with van der Waals surface area (Å²) in [5, 5.41) is 0.491. The van der Waals surface area contributed by atoms with Crippen LogP contribution in [0.4, 0.5) is 0 Å². The van der Waals surface area contributed by atoms with Gasteiger partial charge in [-0.15, -0.1) is 11.6 Å². The summed E-state index contributed by atoms with van der Waals surface area (Å²) in [4.78, 5) is 0. The molecule has 0 amide bonds. The van der Waals surface area contributed by atoms with E-state index >= 15 is 0 Å². The van der Waals surface area contributed by atoms with Crippen molar-refractivity contribution in [1.29, 1.82) is 0 Å². The van der Waals surface area contributed by atoms with Crippen molar-refractivity contribution in [1.82, 2.24) is 0 Å². The van der Waals surface area contributed by atoms with E-state index in [1.165, 1.54) is 83.5 Å². The Morgan fingerprint density at radius 3 is 1.57 bits per heavy atom. The highest BCUT2D eigenvalue weighted by molar-refractivity contribution is 6.21. The Balaban J connectivity index is 1.54. The Hall–Kier alpha value is 0.0300. The molecule has 4 atom stereocenters. The molecule has 4 unspecified atom stereocenters. The zero-order valence-electron chi connectivity index (χ0n) is 14.8. The van der Waals surface area contributed by atoms with Gasteiger partial charge < -0.3 is 0 Å². The van der Waals surface area contributed by atoms with Crippen LogP contribution in [0, 0.1) is 35.5 Å². The van der Waals surface area contributed by atoms with Gasteiger partial charge in [0, 0.05) is 5.38 Å². The molecule has 4 rings (SSSR count). The number of hydrogen-bond acceptors (Lipinski definition) is 0. The van der Waals surface area contributed by atoms with E-state index < -0.39 is 0 Å². The molecule has 0 aliphatic heterocycles. The standard InChI is InChI=1S/C22H35Cl/c23-22-20-12-6-4-10-17(20)19(18-11-5-7-13-21(18)22)15-14-16-8-2-1-3-9-16/h14-22H,1-13H2/b15-14+. The highest BCUT2D eigenvalue weighted by Crippen LogP contribution is 2.55. The average Bonchev–Trinajstić information content (AvgIpc) is 2.63. The number of halogens is 1. The lowest BCUT2D eigenvalue weighted by Gasteiger charge is -2.53. The maximum atomic E-state index is 7.05. The molecule has 0 radical (unpaired) electrons. The highest BCUT2D eigenvalue weighted by Gasteiger charge is 2.49. The van der Waals surface area contributed by atoms with Gasteiger partial charge in [-0.05, 0) is 74.0 Å². The Bertz CT molecular complexity index is 384. The summed E-state index contributed by atoms with van der Waals surface area (Å²) in [6.07, 6.45) is 24.2. The predicted molar refractivity (Wildman–Crippen MR) is 99.7 cm³/mol. The van der Waals surface area contributed by atoms with Crippen molar-refractivity contribution in [3.63, 3.8) is 0 Å². The van der Waals surface area contributed by atoms with Crippen molar-refractivity contribution in [3.8, 4) is 0 Å². The Kier molecular flexibility index (Phi) is 5.38. The van der Waals surface area contributed by atoms with Crippen molar-refractivity contribution in [2.24, 2.45) is 35.5 Å². The normalized spacial score (nSPS) is 45.6. The smallest absolute Gasteiger partial charge is 0.0398 e. The van der Waals surface area contributed by atoms with Gasteiger partial charge in [-0.3, -0.25) is 0 Å². The van der Waals surface area contributed by atoms with Crippen LogP contribution in [0.15, 0.2) is 12.2 Å². The van der Waals surface area contributed by atoms with Crippen molar-refractivity contribution >= 4 is 11.6 Å². The van der Waals surface area contributed by atoms with Gasteiger partial charge >= 0.3 is 0 Å². The zero-order chi connectivity index (χ0) is 15.6. The zero-order valence-corrected chi connectivity index (χ0v) is 15.5. The van der Waals surface area contributed by atoms with Crippen LogP contribution in [0.1, 0.15) is 83.5 Å². The fourth-order valence-corrected chi connectivity index (χ4v) is 7.28. The van der Waals surface area contributed by atoms with Crippen LogP contribution in [0.25, 0.3) is 0 Å². The van der Waals surface area contributed by atoms with Gasteiger partial charge in [-0.1, -0.05) is 57.1 Å². The van der Waals surface area contributed by atoms with Crippen molar-refractivity contribution < 1.29 is 0 Å². The molecule has 0 aromatic heterocycles. The summed E-state index contributed by atoms with van der Waals surface area (Å²) in [5.74, 6) is 5.22. The molecule has 0 nitrogen and oxygen atoms in total. The van der Waals surface area contributed by atoms with Crippen LogP contribution in [-0.2, 0) is 0 Å². The number of allylic oxidation sites excluding steroid dienone is 2. The molecule has 0 aromatic rings. The van der Waals surface area contributed by atoms with Gasteiger partial charge in [0.25, 0.3) is 0 Å². The molecule has 1 heteroatoms. The number of alkyl halides is 1. The highest BCUT2D eigenvalue weighted by atomic mass is 35.5. The van der Waals surface area contributed by atoms with E-state index in [1.807, 2.05) is 0 Å². The summed E-state index contributed by atoms with van der Waals surface area (Å²) < 4.78 is 0. The van der Waals surface area contributed by atoms with Gasteiger partial charge in [0.2, 0.25) is 0 Å². The summed E-state index contributed by atoms with van der Waals surface area (Å²) in [7, 11) is 0. The van der Waals surface area contributed by atoms with E-state index in [0.29, 0.717) is 5.38 Å². The van der Waals surface area contributed by atoms with Crippen LogP contribution in [0.3, 0.4) is 0 Å². The molecule has 0 heterocycles. The van der Waals surface area contributed by atoms with Gasteiger partial charge in [0.05, 0.1) is 0 Å². The van der Waals surface area contributed by atoms with Crippen LogP contribution >= 0.6 is 11.6 Å². The second kappa shape index (κ2) is 7.51. The third-order valence-electron chi connectivity index (χ3n) is 7.81. The summed E-state index contributed by atoms with van der Waals surface area (Å²) in [6, 6.07) is 0. The van der Waals surface area contributed by atoms with Crippen LogP contribution in [0.2, 0.25) is 0 Å². The monoisotopic (exact) mass is 334 g/mol. The first-order valence-corrected chi connectivity index (χ1v) is 11.1. The Morgan fingerprint density at radius 1 is 0.522 bits per heavy atom. The Labute approximate surface area is 148 Å². The van der Waals surface area contributed by atoms with Gasteiger partial charge in [-0.25, -0.2) is 0 Å². The van der Waals surface area contributed by atoms with Gasteiger partial charge in [0.1, 0.15) is 0 Å². The maximum Gasteiger partial charge on any atom is 0.0398 e. The topological polar surface area (TPSA) is 0 Å². The molecule has 0 aromatic carbocycles. The van der Waals surface area contributed by atoms with E-state index in [-0.39, 0.29) is 0 Å². The molecule has 0 N–H and O–H groups in total. The first kappa shape index (κ1) is 16.5. The predicted octanol–water partition coefficient (Wildman–Crippen LogP) is 6.97. The van der Waals surface area contributed by atoms with E-state index in [0.717, 1.165) is 35.5 Å². The molecule has 4 saturated carbocycles. The van der Waals surface area contributed by atoms with Crippen LogP contribution in [-0.4, -0.2) is 5.38 Å². The largest absolute Gasteiger partial charge is 0.122 e. The van der Waals surface area contributed by atoms with Crippen LogP contribution < -0.4 is 0 Å². The lowest BCUT2D eigenvalue weighted by Crippen LogP contribution is -2.49. The third kappa shape index (κ3) is 3.39. The fourth-order valence-electron chi connectivity index (χ4n) is 6.66. The third-order valence-corrected chi connectivity index (χ3v) is 8.46. The van der Waals surface area contributed by atoms with Crippen LogP contribution in [0.5, 0.6) is 0 Å². The molecule has 4 fully saturated rings. The van der Waals surface area contributed by atoms with E-state index in [2.05, 4.69) is 12.2 Å². The second-order valence-electron chi connectivity index (χ2n) is 9.03. The van der Waals surface area contributed by atoms with E-state index in [1.54, 1.807) is 0 Å². The SMILES string of the molecule is ClC1C2CCCCC2C(/C=C/C2CCCCC2)C2CCCCC12. The summed E-state index contributed by atoms with van der Waals surface area (Å²) in [6.45, 7) is 0. The first-order valence-electron chi connectivity index (χ1n) is 10.7. The number of rotatable bonds is 2. The molecule has 23 heavy (non-hydrogen) atoms. The summed E-state index contributed by atoms with van der Waals surface area (Å²) in [5.41, 5.74) is 0. The van der Waals surface area contributed by atoms with Crippen molar-refractivity contribution in [2.45, 2.75) is 88.8 Å². The number of hydrogen-bond donors (Lipinski definition) is 0. The molecule has 4 aliphatic rings. The molecule has 0 bridgehead atoms. The lowest BCUT2D eigenvalue weighted by molar-refractivity contribution is 0.0159. The first-order chi connectivity index (χ1) is 11.3. The molecule has 0 saturated heterocycles. The quantitative estimate of drug-likeness (QED) is 0.377.